The number of Topliss-reactive ketones (excluding diaryl/α,β-unsaturated/α-hetero) is 1. The van der Waals surface area contributed by atoms with Crippen molar-refractivity contribution in [2.45, 2.75) is 13.5 Å². The molecule has 0 aliphatic carbocycles. The highest BCUT2D eigenvalue weighted by molar-refractivity contribution is 9.11. The molecule has 4 nitrogen and oxygen atoms in total. The molecule has 116 valence electrons. The first-order valence-electron chi connectivity index (χ1n) is 6.76. The zero-order valence-electron chi connectivity index (χ0n) is 12.4. The Labute approximate surface area is 142 Å². The molecule has 1 heterocycles. The molecular formula is C16H17BrN2O2S. The molecule has 6 heteroatoms. The summed E-state index contributed by atoms with van der Waals surface area (Å²) >= 11 is 5.06. The van der Waals surface area contributed by atoms with E-state index in [9.17, 15) is 9.59 Å². The summed E-state index contributed by atoms with van der Waals surface area (Å²) in [5.74, 6) is -0.117. The molecule has 0 saturated heterocycles. The smallest absolute Gasteiger partial charge is 0.238 e. The van der Waals surface area contributed by atoms with Gasteiger partial charge in [0.2, 0.25) is 5.91 Å². The number of hydrogen-bond donors (Lipinski definition) is 1. The molecule has 0 aliphatic rings. The van der Waals surface area contributed by atoms with E-state index in [1.807, 2.05) is 11.9 Å². The summed E-state index contributed by atoms with van der Waals surface area (Å²) in [6.07, 6.45) is 0. The summed E-state index contributed by atoms with van der Waals surface area (Å²) in [5.41, 5.74) is 2.41. The van der Waals surface area contributed by atoms with Gasteiger partial charge in [-0.2, -0.15) is 0 Å². The van der Waals surface area contributed by atoms with Gasteiger partial charge in [-0.25, -0.2) is 0 Å². The molecule has 22 heavy (non-hydrogen) atoms. The van der Waals surface area contributed by atoms with Crippen LogP contribution in [0.25, 0.3) is 0 Å². The maximum absolute atomic E-state index is 12.1. The van der Waals surface area contributed by atoms with Crippen LogP contribution in [-0.2, 0) is 11.3 Å². The second-order valence-corrected chi connectivity index (χ2v) is 7.41. The van der Waals surface area contributed by atoms with Crippen LogP contribution in [0.15, 0.2) is 39.5 Å². The quantitative estimate of drug-likeness (QED) is 0.775. The minimum Gasteiger partial charge on any atom is -0.325 e. The Bertz CT molecular complexity index is 684. The summed E-state index contributed by atoms with van der Waals surface area (Å²) in [5, 5.41) is 4.88. The third-order valence-electron chi connectivity index (χ3n) is 3.04. The van der Waals surface area contributed by atoms with Crippen molar-refractivity contribution in [3.05, 3.63) is 50.6 Å². The third-order valence-corrected chi connectivity index (χ3v) is 4.59. The predicted octanol–water partition coefficient (Wildman–Crippen LogP) is 3.78. The zero-order valence-corrected chi connectivity index (χ0v) is 14.8. The van der Waals surface area contributed by atoms with Gasteiger partial charge in [0.15, 0.2) is 5.78 Å². The molecule has 0 fully saturated rings. The maximum Gasteiger partial charge on any atom is 0.238 e. The van der Waals surface area contributed by atoms with Crippen molar-refractivity contribution in [2.24, 2.45) is 0 Å². The topological polar surface area (TPSA) is 49.4 Å². The average molecular weight is 381 g/mol. The summed E-state index contributed by atoms with van der Waals surface area (Å²) in [7, 11) is 1.90. The molecule has 0 unspecified atom stereocenters. The second kappa shape index (κ2) is 7.67. The van der Waals surface area contributed by atoms with E-state index >= 15 is 0 Å². The second-order valence-electron chi connectivity index (χ2n) is 5.12. The highest BCUT2D eigenvalue weighted by Crippen LogP contribution is 2.21. The Morgan fingerprint density at radius 1 is 1.32 bits per heavy atom. The van der Waals surface area contributed by atoms with Gasteiger partial charge in [-0.15, -0.1) is 11.3 Å². The Morgan fingerprint density at radius 2 is 2.09 bits per heavy atom. The number of anilines is 1. The Morgan fingerprint density at radius 3 is 2.73 bits per heavy atom. The predicted molar refractivity (Wildman–Crippen MR) is 93.4 cm³/mol. The lowest BCUT2D eigenvalue weighted by Crippen LogP contribution is -2.29. The number of carbonyl (C=O) groups excluding carboxylic acids is 2. The molecule has 1 aromatic carbocycles. The molecule has 0 radical (unpaired) electrons. The van der Waals surface area contributed by atoms with Gasteiger partial charge in [-0.3, -0.25) is 14.5 Å². The average Bonchev–Trinajstić information content (AvgIpc) is 2.83. The minimum absolute atomic E-state index is 0.0174. The van der Waals surface area contributed by atoms with Crippen molar-refractivity contribution < 1.29 is 9.59 Å². The Kier molecular flexibility index (Phi) is 5.88. The van der Waals surface area contributed by atoms with Crippen LogP contribution in [0.5, 0.6) is 0 Å². The van der Waals surface area contributed by atoms with Crippen molar-refractivity contribution in [1.29, 1.82) is 0 Å². The van der Waals surface area contributed by atoms with Gasteiger partial charge >= 0.3 is 0 Å². The Balaban J connectivity index is 1.89. The van der Waals surface area contributed by atoms with Gasteiger partial charge < -0.3 is 5.32 Å². The number of halogens is 1. The van der Waals surface area contributed by atoms with Gasteiger partial charge in [0.05, 0.1) is 10.3 Å². The lowest BCUT2D eigenvalue weighted by atomic mass is 10.1. The number of carbonyl (C=O) groups is 2. The molecule has 1 amide bonds. The molecule has 0 saturated carbocycles. The van der Waals surface area contributed by atoms with E-state index < -0.39 is 0 Å². The fourth-order valence-corrected chi connectivity index (χ4v) is 3.26. The maximum atomic E-state index is 12.1. The highest BCUT2D eigenvalue weighted by Gasteiger charge is 2.09. The van der Waals surface area contributed by atoms with E-state index in [2.05, 4.69) is 32.7 Å². The van der Waals surface area contributed by atoms with Crippen LogP contribution in [0.4, 0.5) is 5.69 Å². The van der Waals surface area contributed by atoms with Crippen molar-refractivity contribution >= 4 is 44.6 Å². The van der Waals surface area contributed by atoms with E-state index in [0.717, 1.165) is 3.79 Å². The van der Waals surface area contributed by atoms with E-state index in [0.29, 0.717) is 17.8 Å². The van der Waals surface area contributed by atoms with Crippen LogP contribution >= 0.6 is 27.3 Å². The molecule has 1 aromatic heterocycles. The van der Waals surface area contributed by atoms with Crippen LogP contribution in [0.3, 0.4) is 0 Å². The summed E-state index contributed by atoms with van der Waals surface area (Å²) in [6, 6.07) is 9.02. The summed E-state index contributed by atoms with van der Waals surface area (Å²) < 4.78 is 1.08. The molecule has 1 N–H and O–H groups in total. The van der Waals surface area contributed by atoms with Crippen molar-refractivity contribution in [1.82, 2.24) is 4.90 Å². The van der Waals surface area contributed by atoms with Crippen LogP contribution in [0.2, 0.25) is 0 Å². The lowest BCUT2D eigenvalue weighted by Gasteiger charge is -2.15. The van der Waals surface area contributed by atoms with E-state index in [-0.39, 0.29) is 18.2 Å². The summed E-state index contributed by atoms with van der Waals surface area (Å²) in [6.45, 7) is 2.51. The van der Waals surface area contributed by atoms with E-state index in [1.54, 1.807) is 35.6 Å². The SMILES string of the molecule is CC(=O)c1cccc(NC(=O)CN(C)Cc2csc(Br)c2)c1. The highest BCUT2D eigenvalue weighted by atomic mass is 79.9. The first kappa shape index (κ1) is 16.9. The van der Waals surface area contributed by atoms with Gasteiger partial charge in [-0.1, -0.05) is 12.1 Å². The third kappa shape index (κ3) is 5.05. The molecule has 0 spiro atoms. The molecular weight excluding hydrogens is 364 g/mol. The lowest BCUT2D eigenvalue weighted by molar-refractivity contribution is -0.117. The number of thiophene rings is 1. The molecule has 2 aromatic rings. The number of likely N-dealkylation sites (N-methyl/N-ethyl adjacent to an activating group) is 1. The van der Waals surface area contributed by atoms with Crippen molar-refractivity contribution in [3.8, 4) is 0 Å². The zero-order chi connectivity index (χ0) is 16.1. The number of nitrogens with one attached hydrogen (secondary N) is 1. The molecule has 0 aliphatic heterocycles. The number of rotatable bonds is 6. The molecule has 2 rings (SSSR count). The number of nitrogens with zero attached hydrogens (tertiary/aromatic N) is 1. The number of hydrogen-bond acceptors (Lipinski definition) is 4. The van der Waals surface area contributed by atoms with Gasteiger partial charge in [0.1, 0.15) is 0 Å². The van der Waals surface area contributed by atoms with Crippen LogP contribution in [0.1, 0.15) is 22.8 Å². The van der Waals surface area contributed by atoms with Crippen LogP contribution in [0, 0.1) is 0 Å². The normalized spacial score (nSPS) is 10.7. The molecule has 0 bridgehead atoms. The van der Waals surface area contributed by atoms with Crippen LogP contribution < -0.4 is 5.32 Å². The largest absolute Gasteiger partial charge is 0.325 e. The molecule has 0 atom stereocenters. The van der Waals surface area contributed by atoms with Gasteiger partial charge in [-0.05, 0) is 59.0 Å². The van der Waals surface area contributed by atoms with Gasteiger partial charge in [0, 0.05) is 17.8 Å². The number of benzene rings is 1. The minimum atomic E-state index is -0.0995. The summed E-state index contributed by atoms with van der Waals surface area (Å²) in [4.78, 5) is 25.3. The van der Waals surface area contributed by atoms with Crippen molar-refractivity contribution in [2.75, 3.05) is 18.9 Å². The van der Waals surface area contributed by atoms with E-state index in [1.165, 1.54) is 12.5 Å². The first-order valence-corrected chi connectivity index (χ1v) is 8.43. The number of amides is 1. The monoisotopic (exact) mass is 380 g/mol. The van der Waals surface area contributed by atoms with E-state index in [4.69, 9.17) is 0 Å². The number of ketones is 1. The fourth-order valence-electron chi connectivity index (χ4n) is 2.06. The van der Waals surface area contributed by atoms with Gasteiger partial charge in [0.25, 0.3) is 0 Å². The standard InChI is InChI=1S/C16H17BrN2O2S/c1-11(20)13-4-3-5-14(7-13)18-16(21)9-19(2)8-12-6-15(17)22-10-12/h3-7,10H,8-9H2,1-2H3,(H,18,21). The van der Waals surface area contributed by atoms with Crippen LogP contribution in [-0.4, -0.2) is 30.2 Å². The fraction of sp³-hybridized carbons (Fsp3) is 0.250. The Hall–Kier alpha value is -1.50. The van der Waals surface area contributed by atoms with Crippen molar-refractivity contribution in [3.63, 3.8) is 0 Å². The first-order chi connectivity index (χ1) is 10.4.